The highest BCUT2D eigenvalue weighted by atomic mass is 32.2. The average molecular weight is 313 g/mol. The molecule has 0 aromatic heterocycles. The molecule has 1 aromatic carbocycles. The van der Waals surface area contributed by atoms with Gasteiger partial charge in [0.15, 0.2) is 0 Å². The van der Waals surface area contributed by atoms with E-state index >= 15 is 0 Å². The summed E-state index contributed by atoms with van der Waals surface area (Å²) >= 11 is 6.99. The highest BCUT2D eigenvalue weighted by Crippen LogP contribution is 2.31. The zero-order valence-electron chi connectivity index (χ0n) is 12.3. The maximum Gasteiger partial charge on any atom is 0.107 e. The number of benzene rings is 1. The molecule has 0 heterocycles. The van der Waals surface area contributed by atoms with Crippen LogP contribution < -0.4 is 10.6 Å². The fraction of sp³-hybridized carbons (Fsp3) is 0.533. The molecule has 0 spiro atoms. The van der Waals surface area contributed by atoms with Crippen molar-refractivity contribution in [3.63, 3.8) is 0 Å². The van der Waals surface area contributed by atoms with E-state index in [1.165, 1.54) is 0 Å². The molecule has 0 aliphatic heterocycles. The van der Waals surface area contributed by atoms with E-state index in [0.29, 0.717) is 11.5 Å². The smallest absolute Gasteiger partial charge is 0.107 e. The maximum atomic E-state index is 9.29. The van der Waals surface area contributed by atoms with Gasteiger partial charge in [-0.05, 0) is 24.3 Å². The molecule has 3 N–H and O–H groups in total. The molecule has 0 fully saturated rings. The van der Waals surface area contributed by atoms with E-state index in [4.69, 9.17) is 18.0 Å². The quantitative estimate of drug-likeness (QED) is 0.542. The zero-order valence-corrected chi connectivity index (χ0v) is 13.9. The number of aliphatic hydroxyl groups excluding tert-OH is 1. The molecule has 20 heavy (non-hydrogen) atoms. The fourth-order valence-corrected chi connectivity index (χ4v) is 3.25. The normalized spacial score (nSPS) is 10.6. The minimum atomic E-state index is 0.131. The van der Waals surface area contributed by atoms with Gasteiger partial charge < -0.3 is 15.7 Å². The lowest BCUT2D eigenvalue weighted by Crippen LogP contribution is -2.30. The number of nitrogens with two attached hydrogens (primary N) is 1. The summed E-state index contributed by atoms with van der Waals surface area (Å²) in [5.74, 6) is 0.980. The summed E-state index contributed by atoms with van der Waals surface area (Å²) in [6.07, 6.45) is 2.20. The van der Waals surface area contributed by atoms with Crippen LogP contribution in [0.3, 0.4) is 0 Å². The van der Waals surface area contributed by atoms with Crippen molar-refractivity contribution in [1.82, 2.24) is 0 Å². The Morgan fingerprint density at radius 1 is 1.35 bits per heavy atom. The van der Waals surface area contributed by atoms with E-state index in [9.17, 15) is 5.11 Å². The third kappa shape index (κ3) is 4.65. The Bertz CT molecular complexity index is 438. The van der Waals surface area contributed by atoms with Gasteiger partial charge in [-0.3, -0.25) is 0 Å². The third-order valence-corrected chi connectivity index (χ3v) is 4.19. The monoisotopic (exact) mass is 312 g/mol. The van der Waals surface area contributed by atoms with Crippen molar-refractivity contribution in [2.24, 2.45) is 5.73 Å². The largest absolute Gasteiger partial charge is 0.395 e. The number of rotatable bonds is 9. The number of nitrogens with zero attached hydrogens (tertiary/aromatic N) is 1. The standard InChI is InChI=1S/C15H24N2OS2/c1-3-5-9-17(10-11-18)12-7-6-8-13(20-4-2)14(12)15(16)19/h6-8,18H,3-5,9-11H2,1-2H3,(H2,16,19). The molecule has 3 nitrogen and oxygen atoms in total. The van der Waals surface area contributed by atoms with Crippen molar-refractivity contribution in [1.29, 1.82) is 0 Å². The number of hydrogen-bond acceptors (Lipinski definition) is 4. The predicted molar refractivity (Wildman–Crippen MR) is 92.9 cm³/mol. The van der Waals surface area contributed by atoms with Gasteiger partial charge in [0.05, 0.1) is 6.61 Å². The van der Waals surface area contributed by atoms with Crippen LogP contribution in [0.15, 0.2) is 23.1 Å². The van der Waals surface area contributed by atoms with Gasteiger partial charge in [0.2, 0.25) is 0 Å². The van der Waals surface area contributed by atoms with Crippen molar-refractivity contribution >= 4 is 34.7 Å². The van der Waals surface area contributed by atoms with Crippen LogP contribution in [0.1, 0.15) is 32.3 Å². The van der Waals surface area contributed by atoms with E-state index in [-0.39, 0.29) is 6.61 Å². The number of thioether (sulfide) groups is 1. The first-order chi connectivity index (χ1) is 9.65. The summed E-state index contributed by atoms with van der Waals surface area (Å²) in [6.45, 7) is 5.92. The summed E-state index contributed by atoms with van der Waals surface area (Å²) in [4.78, 5) is 3.73. The molecule has 0 saturated heterocycles. The van der Waals surface area contributed by atoms with Gasteiger partial charge in [-0.15, -0.1) is 11.8 Å². The predicted octanol–water partition coefficient (Wildman–Crippen LogP) is 3.03. The second kappa shape index (κ2) is 9.21. The Morgan fingerprint density at radius 3 is 2.65 bits per heavy atom. The van der Waals surface area contributed by atoms with Crippen molar-refractivity contribution in [2.45, 2.75) is 31.6 Å². The SMILES string of the molecule is CCCCN(CCO)c1cccc(SCC)c1C(N)=S. The lowest BCUT2D eigenvalue weighted by Gasteiger charge is -2.27. The van der Waals surface area contributed by atoms with E-state index in [1.54, 1.807) is 11.8 Å². The lowest BCUT2D eigenvalue weighted by molar-refractivity contribution is 0.301. The number of anilines is 1. The van der Waals surface area contributed by atoms with Crippen molar-refractivity contribution in [3.05, 3.63) is 23.8 Å². The van der Waals surface area contributed by atoms with Gasteiger partial charge in [0.1, 0.15) is 4.99 Å². The summed E-state index contributed by atoms with van der Waals surface area (Å²) in [5, 5.41) is 9.29. The fourth-order valence-electron chi connectivity index (χ4n) is 2.13. The third-order valence-electron chi connectivity index (χ3n) is 3.04. The maximum absolute atomic E-state index is 9.29. The van der Waals surface area contributed by atoms with Gasteiger partial charge in [-0.2, -0.15) is 0 Å². The molecule has 0 bridgehead atoms. The van der Waals surface area contributed by atoms with Crippen LogP contribution in [0.2, 0.25) is 0 Å². The topological polar surface area (TPSA) is 49.5 Å². The zero-order chi connectivity index (χ0) is 15.0. The molecule has 0 radical (unpaired) electrons. The summed E-state index contributed by atoms with van der Waals surface area (Å²) in [7, 11) is 0. The van der Waals surface area contributed by atoms with Crippen molar-refractivity contribution in [2.75, 3.05) is 30.3 Å². The second-order valence-corrected chi connectivity index (χ2v) is 6.26. The summed E-state index contributed by atoms with van der Waals surface area (Å²) < 4.78 is 0. The first-order valence-corrected chi connectivity index (χ1v) is 8.46. The Labute approximate surface area is 131 Å². The van der Waals surface area contributed by atoms with Gasteiger partial charge in [0, 0.05) is 29.2 Å². The van der Waals surface area contributed by atoms with Crippen LogP contribution in [-0.4, -0.2) is 35.5 Å². The Morgan fingerprint density at radius 2 is 2.10 bits per heavy atom. The van der Waals surface area contributed by atoms with Crippen molar-refractivity contribution in [3.8, 4) is 0 Å². The average Bonchev–Trinajstić information content (AvgIpc) is 2.43. The Balaban J connectivity index is 3.17. The van der Waals surface area contributed by atoms with E-state index in [1.807, 2.05) is 12.1 Å². The molecule has 5 heteroatoms. The van der Waals surface area contributed by atoms with Crippen LogP contribution in [0.25, 0.3) is 0 Å². The van der Waals surface area contributed by atoms with Crippen LogP contribution >= 0.6 is 24.0 Å². The number of aliphatic hydroxyl groups is 1. The molecule has 0 atom stereocenters. The summed E-state index contributed by atoms with van der Waals surface area (Å²) in [6, 6.07) is 6.13. The first-order valence-electron chi connectivity index (χ1n) is 7.07. The molecule has 0 saturated carbocycles. The molecule has 112 valence electrons. The van der Waals surface area contributed by atoms with Gasteiger partial charge in [-0.25, -0.2) is 0 Å². The Kier molecular flexibility index (Phi) is 7.95. The first kappa shape index (κ1) is 17.3. The number of unbranched alkanes of at least 4 members (excludes halogenated alkanes) is 1. The molecule has 0 aliphatic rings. The van der Waals surface area contributed by atoms with E-state index in [0.717, 1.165) is 41.3 Å². The molecule has 1 rings (SSSR count). The molecule has 0 amide bonds. The van der Waals surface area contributed by atoms with Gasteiger partial charge >= 0.3 is 0 Å². The molecular weight excluding hydrogens is 288 g/mol. The van der Waals surface area contributed by atoms with Crippen LogP contribution in [0.5, 0.6) is 0 Å². The highest BCUT2D eigenvalue weighted by Gasteiger charge is 2.16. The van der Waals surface area contributed by atoms with Crippen molar-refractivity contribution < 1.29 is 5.11 Å². The minimum Gasteiger partial charge on any atom is -0.395 e. The lowest BCUT2D eigenvalue weighted by atomic mass is 10.1. The van der Waals surface area contributed by atoms with Gasteiger partial charge in [0.25, 0.3) is 0 Å². The van der Waals surface area contributed by atoms with E-state index < -0.39 is 0 Å². The molecule has 0 aliphatic carbocycles. The highest BCUT2D eigenvalue weighted by molar-refractivity contribution is 7.99. The molecule has 0 unspecified atom stereocenters. The minimum absolute atomic E-state index is 0.131. The van der Waals surface area contributed by atoms with Gasteiger partial charge in [-0.1, -0.05) is 38.6 Å². The molecular formula is C15H24N2OS2. The number of thiocarbonyl (C=S) groups is 1. The summed E-state index contributed by atoms with van der Waals surface area (Å²) in [5.41, 5.74) is 7.92. The Hall–Kier alpha value is -0.780. The second-order valence-electron chi connectivity index (χ2n) is 4.51. The van der Waals surface area contributed by atoms with Crippen LogP contribution in [0, 0.1) is 0 Å². The van der Waals surface area contributed by atoms with E-state index in [2.05, 4.69) is 24.8 Å². The molecule has 1 aromatic rings. The number of hydrogen-bond donors (Lipinski definition) is 2. The van der Waals surface area contributed by atoms with Crippen LogP contribution in [-0.2, 0) is 0 Å². The van der Waals surface area contributed by atoms with Crippen LogP contribution in [0.4, 0.5) is 5.69 Å².